The fourth-order valence-corrected chi connectivity index (χ4v) is 6.40. The second-order valence-corrected chi connectivity index (χ2v) is 11.5. The zero-order valence-electron chi connectivity index (χ0n) is 25.1. The van der Waals surface area contributed by atoms with E-state index in [-0.39, 0.29) is 5.92 Å². The summed E-state index contributed by atoms with van der Waals surface area (Å²) in [5, 5.41) is 2.88. The Kier molecular flexibility index (Phi) is 8.44. The molecule has 9 nitrogen and oxygen atoms in total. The van der Waals surface area contributed by atoms with Gasteiger partial charge in [0.2, 0.25) is 0 Å². The number of aryl methyl sites for hydroxylation is 2. The number of methoxy groups -OCH3 is 1. The van der Waals surface area contributed by atoms with Crippen LogP contribution in [0.15, 0.2) is 60.8 Å². The molecule has 1 aromatic carbocycles. The molecule has 2 fully saturated rings. The number of ether oxygens (including phenoxy) is 2. The number of carbonyl (C=O) groups excluding carboxylic acids is 2. The third-order valence-corrected chi connectivity index (χ3v) is 8.46. The number of pyridine rings is 2. The van der Waals surface area contributed by atoms with Gasteiger partial charge >= 0.3 is 0 Å². The Morgan fingerprint density at radius 3 is 2.49 bits per heavy atom. The summed E-state index contributed by atoms with van der Waals surface area (Å²) in [4.78, 5) is 36.5. The number of Topliss-reactive ketones (excluding diaryl/α,β-unsaturated/α-hetero) is 1. The van der Waals surface area contributed by atoms with E-state index in [9.17, 15) is 9.59 Å². The van der Waals surface area contributed by atoms with Gasteiger partial charge in [0.1, 0.15) is 11.5 Å². The minimum absolute atomic E-state index is 0.180. The largest absolute Gasteiger partial charge is 0.381 e. The van der Waals surface area contributed by atoms with E-state index in [0.717, 1.165) is 72.9 Å². The van der Waals surface area contributed by atoms with Crippen LogP contribution in [0.4, 0.5) is 17.2 Å². The number of aromatic nitrogens is 2. The van der Waals surface area contributed by atoms with E-state index in [1.165, 1.54) is 5.56 Å². The van der Waals surface area contributed by atoms with E-state index in [1.54, 1.807) is 7.11 Å². The van der Waals surface area contributed by atoms with Crippen LogP contribution >= 0.6 is 0 Å². The fourth-order valence-electron chi connectivity index (χ4n) is 6.40. The van der Waals surface area contributed by atoms with Gasteiger partial charge in [-0.15, -0.1) is 0 Å². The number of nitrogens with zero attached hydrogens (tertiary/aromatic N) is 4. The van der Waals surface area contributed by atoms with Gasteiger partial charge in [0.15, 0.2) is 0 Å². The second kappa shape index (κ2) is 12.6. The molecule has 5 heterocycles. The molecule has 2 aliphatic heterocycles. The molecule has 0 unspecified atom stereocenters. The van der Waals surface area contributed by atoms with E-state index in [2.05, 4.69) is 34.2 Å². The van der Waals surface area contributed by atoms with Crippen molar-refractivity contribution in [3.63, 3.8) is 0 Å². The molecule has 2 aliphatic rings. The predicted octanol–water partition coefficient (Wildman–Crippen LogP) is 5.14. The molecule has 0 saturated carbocycles. The number of anilines is 3. The van der Waals surface area contributed by atoms with Crippen LogP contribution in [-0.2, 0) is 20.9 Å². The molecule has 3 aromatic heterocycles. The fraction of sp³-hybridized carbons (Fsp3) is 0.382. The molecule has 43 heavy (non-hydrogen) atoms. The molecule has 0 spiro atoms. The Bertz CT molecular complexity index is 1610. The highest BCUT2D eigenvalue weighted by atomic mass is 16.5. The SMILES string of the molecule is COCc1cc(NC(=O)C(=O)c2c(C3CCOCC3)cc3ccccn23)ccc1N1CCN(c2cc(C)cc(C)n2)CC1. The van der Waals surface area contributed by atoms with Crippen molar-refractivity contribution in [1.82, 2.24) is 9.38 Å². The Balaban J connectivity index is 1.19. The summed E-state index contributed by atoms with van der Waals surface area (Å²) < 4.78 is 12.9. The molecule has 6 rings (SSSR count). The van der Waals surface area contributed by atoms with Crippen LogP contribution in [0.1, 0.15) is 51.6 Å². The lowest BCUT2D eigenvalue weighted by atomic mass is 9.90. The first kappa shape index (κ1) is 28.9. The first-order valence-corrected chi connectivity index (χ1v) is 15.0. The summed E-state index contributed by atoms with van der Waals surface area (Å²) in [5.41, 5.74) is 7.10. The topological polar surface area (TPSA) is 88.4 Å². The highest BCUT2D eigenvalue weighted by molar-refractivity contribution is 6.46. The Morgan fingerprint density at radius 2 is 1.74 bits per heavy atom. The van der Waals surface area contributed by atoms with Crippen molar-refractivity contribution in [2.24, 2.45) is 0 Å². The molecule has 1 amide bonds. The maximum Gasteiger partial charge on any atom is 0.298 e. The summed E-state index contributed by atoms with van der Waals surface area (Å²) in [5.74, 6) is 0.0101. The maximum atomic E-state index is 13.7. The van der Waals surface area contributed by atoms with Gasteiger partial charge in [-0.25, -0.2) is 4.98 Å². The van der Waals surface area contributed by atoms with Gasteiger partial charge in [-0.05, 0) is 92.3 Å². The predicted molar refractivity (Wildman–Crippen MR) is 168 cm³/mol. The molecule has 9 heteroatoms. The van der Waals surface area contributed by atoms with E-state index in [4.69, 9.17) is 14.5 Å². The van der Waals surface area contributed by atoms with Crippen molar-refractivity contribution in [3.05, 3.63) is 88.9 Å². The van der Waals surface area contributed by atoms with Crippen LogP contribution in [-0.4, -0.2) is 67.6 Å². The first-order valence-electron chi connectivity index (χ1n) is 15.0. The molecule has 1 N–H and O–H groups in total. The minimum atomic E-state index is -0.650. The smallest absolute Gasteiger partial charge is 0.298 e. The minimum Gasteiger partial charge on any atom is -0.381 e. The van der Waals surface area contributed by atoms with Gasteiger partial charge in [0, 0.05) is 80.8 Å². The summed E-state index contributed by atoms with van der Waals surface area (Å²) in [6, 6.07) is 17.9. The number of carbonyl (C=O) groups is 2. The van der Waals surface area contributed by atoms with Crippen molar-refractivity contribution in [2.75, 3.05) is 61.6 Å². The van der Waals surface area contributed by atoms with Crippen LogP contribution in [0, 0.1) is 13.8 Å². The zero-order valence-corrected chi connectivity index (χ0v) is 25.1. The van der Waals surface area contributed by atoms with Crippen molar-refractivity contribution >= 4 is 34.4 Å². The highest BCUT2D eigenvalue weighted by Gasteiger charge is 2.29. The van der Waals surface area contributed by atoms with Crippen molar-refractivity contribution in [2.45, 2.75) is 39.2 Å². The number of ketones is 1. The first-order chi connectivity index (χ1) is 20.9. The van der Waals surface area contributed by atoms with E-state index in [1.807, 2.05) is 60.0 Å². The molecule has 2 saturated heterocycles. The number of hydrogen-bond donors (Lipinski definition) is 1. The normalized spacial score (nSPS) is 16.1. The highest BCUT2D eigenvalue weighted by Crippen LogP contribution is 2.33. The summed E-state index contributed by atoms with van der Waals surface area (Å²) >= 11 is 0. The molecule has 224 valence electrons. The van der Waals surface area contributed by atoms with Gasteiger partial charge in [0.25, 0.3) is 11.7 Å². The van der Waals surface area contributed by atoms with E-state index >= 15 is 0 Å². The lowest BCUT2D eigenvalue weighted by molar-refractivity contribution is -0.112. The van der Waals surface area contributed by atoms with Crippen LogP contribution in [0.3, 0.4) is 0 Å². The Morgan fingerprint density at radius 1 is 0.977 bits per heavy atom. The van der Waals surface area contributed by atoms with Crippen molar-refractivity contribution in [3.8, 4) is 0 Å². The Hall–Kier alpha value is -4.21. The number of nitrogens with one attached hydrogen (secondary N) is 1. The quantitative estimate of drug-likeness (QED) is 0.228. The van der Waals surface area contributed by atoms with Gasteiger partial charge in [-0.3, -0.25) is 9.59 Å². The van der Waals surface area contributed by atoms with E-state index < -0.39 is 11.7 Å². The third-order valence-electron chi connectivity index (χ3n) is 8.46. The van der Waals surface area contributed by atoms with Gasteiger partial charge in [-0.1, -0.05) is 6.07 Å². The number of amides is 1. The zero-order chi connectivity index (χ0) is 29.9. The van der Waals surface area contributed by atoms with Crippen molar-refractivity contribution < 1.29 is 19.1 Å². The standard InChI is InChI=1S/C34H39N5O4/c1-23-18-24(2)35-31(19-23)38-14-12-37(13-15-38)30-8-7-27(20-26(30)22-42-3)36-34(41)33(40)32-29(25-9-16-43-17-10-25)21-28-6-4-5-11-39(28)32/h4-8,11,18-21,25H,9-10,12-17,22H2,1-3H3,(H,36,41). The summed E-state index contributed by atoms with van der Waals surface area (Å²) in [6.45, 7) is 9.23. The van der Waals surface area contributed by atoms with E-state index in [0.29, 0.717) is 31.2 Å². The van der Waals surface area contributed by atoms with Crippen LogP contribution in [0.2, 0.25) is 0 Å². The van der Waals surface area contributed by atoms with Crippen LogP contribution < -0.4 is 15.1 Å². The monoisotopic (exact) mass is 581 g/mol. The third kappa shape index (κ3) is 6.14. The Labute approximate surface area is 252 Å². The number of fused-ring (bicyclic) bond motifs is 1. The maximum absolute atomic E-state index is 13.7. The summed E-state index contributed by atoms with van der Waals surface area (Å²) in [7, 11) is 1.66. The second-order valence-electron chi connectivity index (χ2n) is 11.5. The molecule has 0 bridgehead atoms. The molecule has 4 aromatic rings. The number of benzene rings is 1. The number of hydrogen-bond acceptors (Lipinski definition) is 7. The lowest BCUT2D eigenvalue weighted by Crippen LogP contribution is -2.47. The van der Waals surface area contributed by atoms with Gasteiger partial charge < -0.3 is 29.0 Å². The van der Waals surface area contributed by atoms with Gasteiger partial charge in [0.05, 0.1) is 6.61 Å². The average molecular weight is 582 g/mol. The number of rotatable bonds is 8. The summed E-state index contributed by atoms with van der Waals surface area (Å²) in [6.07, 6.45) is 3.51. The molecular formula is C34H39N5O4. The molecule has 0 atom stereocenters. The van der Waals surface area contributed by atoms with Gasteiger partial charge in [-0.2, -0.15) is 0 Å². The van der Waals surface area contributed by atoms with Crippen LogP contribution in [0.5, 0.6) is 0 Å². The lowest BCUT2D eigenvalue weighted by Gasteiger charge is -2.37. The van der Waals surface area contributed by atoms with Crippen molar-refractivity contribution in [1.29, 1.82) is 0 Å². The number of piperazine rings is 1. The molecule has 0 aliphatic carbocycles. The molecule has 0 radical (unpaired) electrons. The molecular weight excluding hydrogens is 542 g/mol. The average Bonchev–Trinajstić information content (AvgIpc) is 3.41. The van der Waals surface area contributed by atoms with Crippen LogP contribution in [0.25, 0.3) is 5.52 Å².